The molecule has 0 aliphatic heterocycles. The molecule has 0 saturated heterocycles. The lowest BCUT2D eigenvalue weighted by Crippen LogP contribution is -2.41. The molecule has 1 aliphatic carbocycles. The highest BCUT2D eigenvalue weighted by Crippen LogP contribution is 2.33. The van der Waals surface area contributed by atoms with E-state index in [1.165, 1.54) is 15.8 Å². The van der Waals surface area contributed by atoms with Gasteiger partial charge in [-0.1, -0.05) is 0 Å². The van der Waals surface area contributed by atoms with E-state index in [0.29, 0.717) is 5.39 Å². The number of carbonyl (C=O) groups excluding carboxylic acids is 1. The van der Waals surface area contributed by atoms with Crippen molar-refractivity contribution in [2.75, 3.05) is 13.1 Å². The van der Waals surface area contributed by atoms with E-state index in [1.807, 2.05) is 0 Å². The zero-order valence-electron chi connectivity index (χ0n) is 13.7. The van der Waals surface area contributed by atoms with Crippen molar-refractivity contribution in [1.82, 2.24) is 14.9 Å². The van der Waals surface area contributed by atoms with Crippen LogP contribution >= 0.6 is 11.3 Å². The molecule has 9 heteroatoms. The normalized spacial score (nSPS) is 14.5. The number of halogens is 2. The van der Waals surface area contributed by atoms with Crippen molar-refractivity contribution >= 4 is 27.5 Å². The summed E-state index contributed by atoms with van der Waals surface area (Å²) in [5, 5.41) is 2.79. The fourth-order valence-corrected chi connectivity index (χ4v) is 4.17. The molecule has 0 fully saturated rings. The van der Waals surface area contributed by atoms with Gasteiger partial charge in [0, 0.05) is 17.8 Å². The van der Waals surface area contributed by atoms with Crippen LogP contribution < -0.4 is 16.6 Å². The molecule has 136 valence electrons. The Morgan fingerprint density at radius 2 is 2.16 bits per heavy atom. The second-order valence-corrected chi connectivity index (χ2v) is 7.30. The summed E-state index contributed by atoms with van der Waals surface area (Å²) in [4.78, 5) is 30.7. The third-order valence-corrected chi connectivity index (χ3v) is 5.56. The number of alkyl halides is 2. The van der Waals surface area contributed by atoms with Gasteiger partial charge in [0.2, 0.25) is 5.91 Å². The molecule has 1 amide bonds. The van der Waals surface area contributed by atoms with Crippen LogP contribution in [0.3, 0.4) is 0 Å². The number of nitrogens with zero attached hydrogens (tertiary/aromatic N) is 2. The van der Waals surface area contributed by atoms with E-state index in [1.54, 1.807) is 11.3 Å². The predicted molar refractivity (Wildman–Crippen MR) is 92.2 cm³/mol. The van der Waals surface area contributed by atoms with Gasteiger partial charge in [0.05, 0.1) is 24.8 Å². The number of aryl methyl sites for hydroxylation is 3. The minimum Gasteiger partial charge on any atom is -0.350 e. The van der Waals surface area contributed by atoms with Crippen LogP contribution in [0.2, 0.25) is 0 Å². The maximum absolute atomic E-state index is 13.0. The predicted octanol–water partition coefficient (Wildman–Crippen LogP) is 1.44. The number of carbonyl (C=O) groups is 1. The van der Waals surface area contributed by atoms with E-state index in [0.717, 1.165) is 36.1 Å². The first-order valence-electron chi connectivity index (χ1n) is 8.25. The standard InChI is InChI=1S/C16H20F2N4O2S/c17-16(18,7-19)8-20-12(23)5-6-22-9-21-14-13(15(22)24)10-3-1-2-4-11(10)25-14/h9H,1-8,19H2,(H,20,23). The van der Waals surface area contributed by atoms with Crippen LogP contribution in [0.5, 0.6) is 0 Å². The summed E-state index contributed by atoms with van der Waals surface area (Å²) in [5.74, 6) is -3.67. The number of nitrogens with two attached hydrogens (primary N) is 1. The Balaban J connectivity index is 1.71. The fraction of sp³-hybridized carbons (Fsp3) is 0.562. The highest BCUT2D eigenvalue weighted by Gasteiger charge is 2.27. The molecule has 2 aromatic heterocycles. The topological polar surface area (TPSA) is 90.0 Å². The smallest absolute Gasteiger partial charge is 0.277 e. The molecule has 0 atom stereocenters. The first-order chi connectivity index (χ1) is 11.9. The Labute approximate surface area is 147 Å². The lowest BCUT2D eigenvalue weighted by atomic mass is 9.97. The molecular weight excluding hydrogens is 350 g/mol. The lowest BCUT2D eigenvalue weighted by Gasteiger charge is -2.14. The number of rotatable bonds is 6. The van der Waals surface area contributed by atoms with Gasteiger partial charge < -0.3 is 11.1 Å². The van der Waals surface area contributed by atoms with Crippen LogP contribution in [0.15, 0.2) is 11.1 Å². The van der Waals surface area contributed by atoms with Gasteiger partial charge in [-0.2, -0.15) is 0 Å². The maximum Gasteiger partial charge on any atom is 0.277 e. The summed E-state index contributed by atoms with van der Waals surface area (Å²) in [5.41, 5.74) is 5.85. The second kappa shape index (κ2) is 7.17. The number of hydrogen-bond donors (Lipinski definition) is 2. The Bertz CT molecular complexity index is 847. The molecule has 0 spiro atoms. The summed E-state index contributed by atoms with van der Waals surface area (Å²) in [6.45, 7) is -1.52. The van der Waals surface area contributed by atoms with Crippen molar-refractivity contribution in [3.8, 4) is 0 Å². The minimum absolute atomic E-state index is 0.0694. The van der Waals surface area contributed by atoms with Crippen molar-refractivity contribution in [3.05, 3.63) is 27.1 Å². The molecule has 1 aliphatic rings. The monoisotopic (exact) mass is 370 g/mol. The molecular formula is C16H20F2N4O2S. The molecule has 25 heavy (non-hydrogen) atoms. The van der Waals surface area contributed by atoms with Crippen LogP contribution in [0.1, 0.15) is 29.7 Å². The molecule has 0 bridgehead atoms. The zero-order chi connectivity index (χ0) is 18.0. The van der Waals surface area contributed by atoms with Crippen LogP contribution in [0, 0.1) is 0 Å². The second-order valence-electron chi connectivity index (χ2n) is 6.22. The van der Waals surface area contributed by atoms with Crippen LogP contribution in [-0.4, -0.2) is 34.5 Å². The third kappa shape index (κ3) is 3.87. The highest BCUT2D eigenvalue weighted by atomic mass is 32.1. The largest absolute Gasteiger partial charge is 0.350 e. The summed E-state index contributed by atoms with van der Waals surface area (Å²) < 4.78 is 27.5. The average molecular weight is 370 g/mol. The molecule has 2 heterocycles. The number of thiophene rings is 1. The van der Waals surface area contributed by atoms with E-state index in [4.69, 9.17) is 5.73 Å². The highest BCUT2D eigenvalue weighted by molar-refractivity contribution is 7.18. The maximum atomic E-state index is 13.0. The van der Waals surface area contributed by atoms with Crippen molar-refractivity contribution in [2.45, 2.75) is 44.6 Å². The van der Waals surface area contributed by atoms with E-state index in [-0.39, 0.29) is 18.5 Å². The van der Waals surface area contributed by atoms with Gasteiger partial charge in [-0.3, -0.25) is 14.2 Å². The SMILES string of the molecule is NCC(F)(F)CNC(=O)CCn1cnc2sc3c(c2c1=O)CCCC3. The summed E-state index contributed by atoms with van der Waals surface area (Å²) in [6.07, 6.45) is 5.40. The number of nitrogens with one attached hydrogen (secondary N) is 1. The van der Waals surface area contributed by atoms with Crippen molar-refractivity contribution in [3.63, 3.8) is 0 Å². The Hall–Kier alpha value is -1.87. The quantitative estimate of drug-likeness (QED) is 0.805. The molecule has 2 aromatic rings. The van der Waals surface area contributed by atoms with Crippen molar-refractivity contribution in [2.24, 2.45) is 5.73 Å². The molecule has 3 N–H and O–H groups in total. The number of amides is 1. The van der Waals surface area contributed by atoms with Gasteiger partial charge >= 0.3 is 0 Å². The Morgan fingerprint density at radius 3 is 2.92 bits per heavy atom. The molecule has 0 saturated carbocycles. The summed E-state index contributed by atoms with van der Waals surface area (Å²) >= 11 is 1.56. The van der Waals surface area contributed by atoms with Gasteiger partial charge in [-0.05, 0) is 31.2 Å². The van der Waals surface area contributed by atoms with Crippen LogP contribution in [0.4, 0.5) is 8.78 Å². The summed E-state index contributed by atoms with van der Waals surface area (Å²) in [6, 6.07) is 0. The molecule has 6 nitrogen and oxygen atoms in total. The van der Waals surface area contributed by atoms with Gasteiger partial charge in [0.15, 0.2) is 0 Å². The van der Waals surface area contributed by atoms with E-state index in [2.05, 4.69) is 10.3 Å². The zero-order valence-corrected chi connectivity index (χ0v) is 14.5. The van der Waals surface area contributed by atoms with E-state index < -0.39 is 24.9 Å². The van der Waals surface area contributed by atoms with Gasteiger partial charge in [0.25, 0.3) is 11.5 Å². The third-order valence-electron chi connectivity index (χ3n) is 4.36. The lowest BCUT2D eigenvalue weighted by molar-refractivity contribution is -0.123. The molecule has 0 radical (unpaired) electrons. The Morgan fingerprint density at radius 1 is 1.40 bits per heavy atom. The summed E-state index contributed by atoms with van der Waals surface area (Å²) in [7, 11) is 0. The number of hydrogen-bond acceptors (Lipinski definition) is 5. The van der Waals surface area contributed by atoms with Crippen LogP contribution in [0.25, 0.3) is 10.2 Å². The number of aromatic nitrogens is 2. The van der Waals surface area contributed by atoms with Crippen LogP contribution in [-0.2, 0) is 24.2 Å². The van der Waals surface area contributed by atoms with E-state index >= 15 is 0 Å². The molecule has 0 aromatic carbocycles. The van der Waals surface area contributed by atoms with Gasteiger partial charge in [-0.15, -0.1) is 11.3 Å². The number of fused-ring (bicyclic) bond motifs is 3. The molecule has 3 rings (SSSR count). The van der Waals surface area contributed by atoms with E-state index in [9.17, 15) is 18.4 Å². The first kappa shape index (κ1) is 17.9. The average Bonchev–Trinajstić information content (AvgIpc) is 2.99. The van der Waals surface area contributed by atoms with Gasteiger partial charge in [0.1, 0.15) is 4.83 Å². The van der Waals surface area contributed by atoms with Crippen molar-refractivity contribution in [1.29, 1.82) is 0 Å². The Kier molecular flexibility index (Phi) is 5.14. The minimum atomic E-state index is -3.12. The first-order valence-corrected chi connectivity index (χ1v) is 9.07. The van der Waals surface area contributed by atoms with Gasteiger partial charge in [-0.25, -0.2) is 13.8 Å². The molecule has 0 unspecified atom stereocenters. The fourth-order valence-electron chi connectivity index (χ4n) is 2.95. The van der Waals surface area contributed by atoms with Crippen molar-refractivity contribution < 1.29 is 13.6 Å².